The highest BCUT2D eigenvalue weighted by atomic mass is 79.9. The van der Waals surface area contributed by atoms with Crippen LogP contribution >= 0.6 is 15.9 Å². The van der Waals surface area contributed by atoms with Crippen molar-refractivity contribution in [3.8, 4) is 6.07 Å². The molecule has 0 saturated heterocycles. The Hall–Kier alpha value is -1.48. The molecule has 0 atom stereocenters. The fraction of sp³-hybridized carbons (Fsp3) is 0.200. The highest BCUT2D eigenvalue weighted by molar-refractivity contribution is 9.08. The van der Waals surface area contributed by atoms with Crippen molar-refractivity contribution in [2.24, 2.45) is 5.16 Å². The van der Waals surface area contributed by atoms with Gasteiger partial charge in [0.05, 0.1) is 0 Å². The Morgan fingerprint density at radius 3 is 2.75 bits per heavy atom. The molecule has 0 spiro atoms. The summed E-state index contributed by atoms with van der Waals surface area (Å²) in [6, 6.07) is 8.57. The van der Waals surface area contributed by atoms with E-state index in [1.54, 1.807) is 30.3 Å². The smallest absolute Gasteiger partial charge is 0.324 e. The number of hydrogen-bond acceptors (Lipinski definition) is 3. The maximum atomic E-state index is 11.8. The summed E-state index contributed by atoms with van der Waals surface area (Å²) in [7, 11) is 0. The van der Waals surface area contributed by atoms with Crippen LogP contribution in [-0.2, 0) is 10.2 Å². The van der Waals surface area contributed by atoms with Crippen LogP contribution in [0.25, 0.3) is 0 Å². The largest absolute Gasteiger partial charge is 0.407 e. The molecule has 0 fully saturated rings. The number of nitrogens with zero attached hydrogens (tertiary/aromatic N) is 2. The van der Waals surface area contributed by atoms with Gasteiger partial charge in [-0.3, -0.25) is 0 Å². The quantitative estimate of drug-likeness (QED) is 0.486. The summed E-state index contributed by atoms with van der Waals surface area (Å²) < 4.78 is 23.6. The van der Waals surface area contributed by atoms with Gasteiger partial charge in [-0.1, -0.05) is 45.4 Å². The lowest BCUT2D eigenvalue weighted by Crippen LogP contribution is -2.04. The fourth-order valence-corrected chi connectivity index (χ4v) is 1.58. The zero-order chi connectivity index (χ0) is 12.0. The lowest BCUT2D eigenvalue weighted by molar-refractivity contribution is -0.127. The first kappa shape index (κ1) is 12.6. The topological polar surface area (TPSA) is 45.4 Å². The van der Waals surface area contributed by atoms with E-state index < -0.39 is 6.61 Å². The number of rotatable bonds is 4. The Kier molecular flexibility index (Phi) is 4.86. The summed E-state index contributed by atoms with van der Waals surface area (Å²) in [5.41, 5.74) is 1.08. The molecule has 16 heavy (non-hydrogen) atoms. The predicted molar refractivity (Wildman–Crippen MR) is 58.3 cm³/mol. The maximum absolute atomic E-state index is 11.8. The Bertz CT molecular complexity index is 429. The number of halogens is 3. The van der Waals surface area contributed by atoms with Crippen molar-refractivity contribution in [3.63, 3.8) is 0 Å². The Balaban J connectivity index is 3.05. The molecule has 0 aliphatic rings. The molecule has 0 aliphatic carbocycles. The molecule has 0 N–H and O–H groups in total. The zero-order valence-electron chi connectivity index (χ0n) is 8.03. The summed E-state index contributed by atoms with van der Waals surface area (Å²) in [6.45, 7) is -3.03. The van der Waals surface area contributed by atoms with E-state index in [0.29, 0.717) is 10.9 Å². The first-order valence-electron chi connectivity index (χ1n) is 4.25. The number of alkyl halides is 3. The van der Waals surface area contributed by atoms with Crippen LogP contribution in [0.1, 0.15) is 11.1 Å². The van der Waals surface area contributed by atoms with Crippen LogP contribution in [0.4, 0.5) is 8.78 Å². The molecule has 0 aliphatic heterocycles. The van der Waals surface area contributed by atoms with Crippen LogP contribution < -0.4 is 0 Å². The molecule has 0 amide bonds. The fourth-order valence-electron chi connectivity index (χ4n) is 1.09. The molecule has 0 radical (unpaired) electrons. The van der Waals surface area contributed by atoms with Gasteiger partial charge in [0, 0.05) is 10.9 Å². The van der Waals surface area contributed by atoms with Crippen molar-refractivity contribution in [2.45, 2.75) is 11.9 Å². The van der Waals surface area contributed by atoms with Crippen LogP contribution in [-0.4, -0.2) is 12.3 Å². The van der Waals surface area contributed by atoms with Crippen molar-refractivity contribution < 1.29 is 13.6 Å². The molecular formula is C10H7BrF2N2O. The number of hydrogen-bond donors (Lipinski definition) is 0. The van der Waals surface area contributed by atoms with E-state index >= 15 is 0 Å². The lowest BCUT2D eigenvalue weighted by atomic mass is 10.1. The summed E-state index contributed by atoms with van der Waals surface area (Å²) in [6.07, 6.45) is 0. The molecule has 1 rings (SSSR count). The molecule has 0 saturated carbocycles. The number of nitriles is 1. The molecule has 84 valence electrons. The average molecular weight is 289 g/mol. The van der Waals surface area contributed by atoms with Crippen LogP contribution in [0.3, 0.4) is 0 Å². The molecular weight excluding hydrogens is 282 g/mol. The minimum Gasteiger partial charge on any atom is -0.324 e. The van der Waals surface area contributed by atoms with Gasteiger partial charge < -0.3 is 4.84 Å². The minimum atomic E-state index is -3.03. The summed E-state index contributed by atoms with van der Waals surface area (Å²) in [4.78, 5) is 3.77. The van der Waals surface area contributed by atoms with Crippen molar-refractivity contribution in [1.82, 2.24) is 0 Å². The van der Waals surface area contributed by atoms with E-state index in [1.807, 2.05) is 0 Å². The van der Waals surface area contributed by atoms with E-state index in [-0.39, 0.29) is 5.71 Å². The molecule has 0 unspecified atom stereocenters. The lowest BCUT2D eigenvalue weighted by Gasteiger charge is -2.04. The van der Waals surface area contributed by atoms with Gasteiger partial charge in [-0.05, 0) is 5.56 Å². The second-order valence-electron chi connectivity index (χ2n) is 2.71. The monoisotopic (exact) mass is 288 g/mol. The first-order valence-corrected chi connectivity index (χ1v) is 5.37. The van der Waals surface area contributed by atoms with E-state index in [0.717, 1.165) is 5.56 Å². The van der Waals surface area contributed by atoms with Crippen molar-refractivity contribution in [1.29, 1.82) is 5.26 Å². The van der Waals surface area contributed by atoms with Gasteiger partial charge in [-0.15, -0.1) is 0 Å². The summed E-state index contributed by atoms with van der Waals surface area (Å²) in [5.74, 6) is 0. The molecule has 3 nitrogen and oxygen atoms in total. The van der Waals surface area contributed by atoms with E-state index in [1.165, 1.54) is 0 Å². The highest BCUT2D eigenvalue weighted by Crippen LogP contribution is 2.14. The van der Waals surface area contributed by atoms with Gasteiger partial charge in [0.2, 0.25) is 0 Å². The minimum absolute atomic E-state index is 0.171. The van der Waals surface area contributed by atoms with E-state index in [2.05, 4.69) is 25.9 Å². The van der Waals surface area contributed by atoms with Crippen LogP contribution in [0.2, 0.25) is 0 Å². The van der Waals surface area contributed by atoms with Gasteiger partial charge in [0.25, 0.3) is 0 Å². The molecule has 0 aromatic heterocycles. The van der Waals surface area contributed by atoms with Crippen LogP contribution in [0, 0.1) is 11.3 Å². The number of benzene rings is 1. The Labute approximate surface area is 99.4 Å². The standard InChI is InChI=1S/C10H7BrF2N2O/c11-5-7-3-1-2-4-8(7)9(6-14)15-16-10(12)13/h1-4,10H,5H2/b15-9-. The zero-order valence-corrected chi connectivity index (χ0v) is 9.62. The Morgan fingerprint density at radius 2 is 2.19 bits per heavy atom. The average Bonchev–Trinajstić information content (AvgIpc) is 2.30. The van der Waals surface area contributed by atoms with Gasteiger partial charge in [0.15, 0.2) is 5.71 Å². The van der Waals surface area contributed by atoms with Gasteiger partial charge in [-0.2, -0.15) is 14.0 Å². The molecule has 0 heterocycles. The Morgan fingerprint density at radius 1 is 1.50 bits per heavy atom. The van der Waals surface area contributed by atoms with Gasteiger partial charge in [-0.25, -0.2) is 0 Å². The number of oxime groups is 1. The molecule has 1 aromatic rings. The predicted octanol–water partition coefficient (Wildman–Crippen LogP) is 3.05. The van der Waals surface area contributed by atoms with Gasteiger partial charge in [0.1, 0.15) is 6.07 Å². The summed E-state index contributed by atoms with van der Waals surface area (Å²) in [5, 5.41) is 12.4. The third-order valence-corrected chi connectivity index (χ3v) is 2.35. The van der Waals surface area contributed by atoms with E-state index in [4.69, 9.17) is 5.26 Å². The molecule has 1 aromatic carbocycles. The molecule has 0 bridgehead atoms. The molecule has 6 heteroatoms. The second kappa shape index (κ2) is 6.18. The van der Waals surface area contributed by atoms with E-state index in [9.17, 15) is 8.78 Å². The van der Waals surface area contributed by atoms with Crippen molar-refractivity contribution in [2.75, 3.05) is 0 Å². The first-order chi connectivity index (χ1) is 7.69. The van der Waals surface area contributed by atoms with Crippen LogP contribution in [0.15, 0.2) is 29.4 Å². The second-order valence-corrected chi connectivity index (χ2v) is 3.27. The highest BCUT2D eigenvalue weighted by Gasteiger charge is 2.10. The van der Waals surface area contributed by atoms with Gasteiger partial charge >= 0.3 is 6.61 Å². The van der Waals surface area contributed by atoms with Crippen molar-refractivity contribution >= 4 is 21.6 Å². The normalized spacial score (nSPS) is 11.3. The third-order valence-electron chi connectivity index (χ3n) is 1.75. The summed E-state index contributed by atoms with van der Waals surface area (Å²) >= 11 is 3.23. The SMILES string of the molecule is N#C/C(=N/OC(F)F)c1ccccc1CBr. The maximum Gasteiger partial charge on any atom is 0.407 e. The van der Waals surface area contributed by atoms with Crippen LogP contribution in [0.5, 0.6) is 0 Å². The third kappa shape index (κ3) is 3.28. The van der Waals surface area contributed by atoms with Crippen molar-refractivity contribution in [3.05, 3.63) is 35.4 Å².